The van der Waals surface area contributed by atoms with Crippen LogP contribution in [0.3, 0.4) is 0 Å². The zero-order valence-corrected chi connectivity index (χ0v) is 11.3. The van der Waals surface area contributed by atoms with Crippen LogP contribution in [0.5, 0.6) is 0 Å². The molecule has 0 radical (unpaired) electrons. The molecule has 0 aromatic carbocycles. The van der Waals surface area contributed by atoms with E-state index >= 15 is 0 Å². The molecule has 3 nitrogen and oxygen atoms in total. The summed E-state index contributed by atoms with van der Waals surface area (Å²) in [5, 5.41) is 3.64. The Balaban J connectivity index is 1.42. The van der Waals surface area contributed by atoms with Crippen LogP contribution >= 0.6 is 0 Å². The van der Waals surface area contributed by atoms with Crippen LogP contribution in [0, 0.1) is 0 Å². The maximum atomic E-state index is 5.56. The quantitative estimate of drug-likeness (QED) is 0.689. The number of hydrogen-bond donors (Lipinski definition) is 1. The van der Waals surface area contributed by atoms with Gasteiger partial charge in [-0.2, -0.15) is 0 Å². The molecule has 0 aromatic heterocycles. The van der Waals surface area contributed by atoms with Crippen LogP contribution in [0.15, 0.2) is 0 Å². The standard InChI is InChI=1S/C14H28N2O/c1-2-17-14-11-13(12-14)15-7-6-10-16-8-4-3-5-9-16/h13-15H,2-12H2,1H3. The second kappa shape index (κ2) is 7.34. The van der Waals surface area contributed by atoms with E-state index in [1.54, 1.807) is 0 Å². The first-order valence-electron chi connectivity index (χ1n) is 7.46. The fraction of sp³-hybridized carbons (Fsp3) is 1.00. The summed E-state index contributed by atoms with van der Waals surface area (Å²) in [5.41, 5.74) is 0. The van der Waals surface area contributed by atoms with Gasteiger partial charge in [-0.1, -0.05) is 6.42 Å². The molecule has 0 unspecified atom stereocenters. The molecule has 1 heterocycles. The van der Waals surface area contributed by atoms with E-state index in [1.807, 2.05) is 0 Å². The Morgan fingerprint density at radius 1 is 1.18 bits per heavy atom. The van der Waals surface area contributed by atoms with Crippen LogP contribution in [-0.2, 0) is 4.74 Å². The number of piperidine rings is 1. The highest BCUT2D eigenvalue weighted by molar-refractivity contribution is 4.85. The van der Waals surface area contributed by atoms with Crippen molar-refractivity contribution in [3.63, 3.8) is 0 Å². The fourth-order valence-electron chi connectivity index (χ4n) is 2.90. The SMILES string of the molecule is CCOC1CC(NCCCN2CCCCC2)C1. The number of nitrogens with zero attached hydrogens (tertiary/aromatic N) is 1. The molecule has 1 aliphatic heterocycles. The van der Waals surface area contributed by atoms with Crippen LogP contribution in [0.1, 0.15) is 45.4 Å². The van der Waals surface area contributed by atoms with Gasteiger partial charge in [-0.3, -0.25) is 0 Å². The van der Waals surface area contributed by atoms with Crippen molar-refractivity contribution in [3.05, 3.63) is 0 Å². The molecule has 1 aliphatic carbocycles. The first-order valence-corrected chi connectivity index (χ1v) is 7.46. The molecular formula is C14H28N2O. The van der Waals surface area contributed by atoms with Crippen molar-refractivity contribution in [2.24, 2.45) is 0 Å². The average Bonchev–Trinajstić information content (AvgIpc) is 2.32. The predicted molar refractivity (Wildman–Crippen MR) is 71.3 cm³/mol. The molecule has 3 heteroatoms. The maximum absolute atomic E-state index is 5.56. The predicted octanol–water partition coefficient (Wildman–Crippen LogP) is 2.02. The second-order valence-electron chi connectivity index (χ2n) is 5.46. The smallest absolute Gasteiger partial charge is 0.0604 e. The van der Waals surface area contributed by atoms with Crippen molar-refractivity contribution in [1.82, 2.24) is 10.2 Å². The lowest BCUT2D eigenvalue weighted by molar-refractivity contribution is -0.00986. The summed E-state index contributed by atoms with van der Waals surface area (Å²) < 4.78 is 5.56. The van der Waals surface area contributed by atoms with Gasteiger partial charge >= 0.3 is 0 Å². The lowest BCUT2D eigenvalue weighted by Gasteiger charge is -2.35. The second-order valence-corrected chi connectivity index (χ2v) is 5.46. The summed E-state index contributed by atoms with van der Waals surface area (Å²) >= 11 is 0. The van der Waals surface area contributed by atoms with Gasteiger partial charge in [-0.25, -0.2) is 0 Å². The summed E-state index contributed by atoms with van der Waals surface area (Å²) in [6.07, 6.45) is 8.54. The Bertz CT molecular complexity index is 198. The molecule has 0 atom stereocenters. The molecule has 0 spiro atoms. The van der Waals surface area contributed by atoms with E-state index in [4.69, 9.17) is 4.74 Å². The third-order valence-corrected chi connectivity index (χ3v) is 4.03. The highest BCUT2D eigenvalue weighted by Gasteiger charge is 2.28. The van der Waals surface area contributed by atoms with Crippen molar-refractivity contribution in [3.8, 4) is 0 Å². The lowest BCUT2D eigenvalue weighted by atomic mass is 9.89. The Morgan fingerprint density at radius 3 is 2.65 bits per heavy atom. The molecule has 17 heavy (non-hydrogen) atoms. The number of hydrogen-bond acceptors (Lipinski definition) is 3. The number of ether oxygens (including phenoxy) is 1. The van der Waals surface area contributed by atoms with Crippen molar-refractivity contribution >= 4 is 0 Å². The number of likely N-dealkylation sites (tertiary alicyclic amines) is 1. The highest BCUT2D eigenvalue weighted by atomic mass is 16.5. The van der Waals surface area contributed by atoms with E-state index in [1.165, 1.54) is 64.7 Å². The minimum Gasteiger partial charge on any atom is -0.378 e. The summed E-state index contributed by atoms with van der Waals surface area (Å²) in [5.74, 6) is 0. The van der Waals surface area contributed by atoms with Gasteiger partial charge in [0.05, 0.1) is 6.10 Å². The first kappa shape index (κ1) is 13.3. The van der Waals surface area contributed by atoms with Gasteiger partial charge < -0.3 is 15.0 Å². The van der Waals surface area contributed by atoms with E-state index in [-0.39, 0.29) is 0 Å². The monoisotopic (exact) mass is 240 g/mol. The van der Waals surface area contributed by atoms with Gasteiger partial charge in [-0.15, -0.1) is 0 Å². The minimum atomic E-state index is 0.541. The van der Waals surface area contributed by atoms with Gasteiger partial charge in [-0.05, 0) is 65.2 Å². The maximum Gasteiger partial charge on any atom is 0.0604 e. The summed E-state index contributed by atoms with van der Waals surface area (Å²) in [4.78, 5) is 2.62. The molecule has 2 aliphatic rings. The molecule has 1 saturated heterocycles. The highest BCUT2D eigenvalue weighted by Crippen LogP contribution is 2.22. The van der Waals surface area contributed by atoms with Crippen LogP contribution in [-0.4, -0.2) is 49.8 Å². The van der Waals surface area contributed by atoms with Crippen LogP contribution in [0.25, 0.3) is 0 Å². The third kappa shape index (κ3) is 4.57. The lowest BCUT2D eigenvalue weighted by Crippen LogP contribution is -2.46. The van der Waals surface area contributed by atoms with Gasteiger partial charge in [0.15, 0.2) is 0 Å². The zero-order chi connectivity index (χ0) is 11.9. The van der Waals surface area contributed by atoms with Gasteiger partial charge in [0, 0.05) is 12.6 Å². The molecule has 2 rings (SSSR count). The Kier molecular flexibility index (Phi) is 5.75. The van der Waals surface area contributed by atoms with E-state index < -0.39 is 0 Å². The van der Waals surface area contributed by atoms with Crippen LogP contribution in [0.4, 0.5) is 0 Å². The van der Waals surface area contributed by atoms with Gasteiger partial charge in [0.1, 0.15) is 0 Å². The minimum absolute atomic E-state index is 0.541. The molecule has 0 amide bonds. The van der Waals surface area contributed by atoms with Crippen molar-refractivity contribution in [2.75, 3.05) is 32.8 Å². The molecule has 1 saturated carbocycles. The largest absolute Gasteiger partial charge is 0.378 e. The molecule has 100 valence electrons. The van der Waals surface area contributed by atoms with Crippen molar-refractivity contribution in [1.29, 1.82) is 0 Å². The zero-order valence-electron chi connectivity index (χ0n) is 11.3. The van der Waals surface area contributed by atoms with Crippen molar-refractivity contribution < 1.29 is 4.74 Å². The van der Waals surface area contributed by atoms with Gasteiger partial charge in [0.2, 0.25) is 0 Å². The fourth-order valence-corrected chi connectivity index (χ4v) is 2.90. The van der Waals surface area contributed by atoms with Crippen LogP contribution in [0.2, 0.25) is 0 Å². The Hall–Kier alpha value is -0.120. The normalized spacial score (nSPS) is 30.2. The number of nitrogens with one attached hydrogen (secondary N) is 1. The third-order valence-electron chi connectivity index (χ3n) is 4.03. The van der Waals surface area contributed by atoms with Gasteiger partial charge in [0.25, 0.3) is 0 Å². The number of rotatable bonds is 7. The molecule has 0 aromatic rings. The summed E-state index contributed by atoms with van der Waals surface area (Å²) in [6.45, 7) is 8.08. The molecular weight excluding hydrogens is 212 g/mol. The van der Waals surface area contributed by atoms with Crippen LogP contribution < -0.4 is 5.32 Å². The van der Waals surface area contributed by atoms with E-state index in [0.29, 0.717) is 6.10 Å². The summed E-state index contributed by atoms with van der Waals surface area (Å²) in [6, 6.07) is 0.730. The first-order chi connectivity index (χ1) is 8.38. The average molecular weight is 240 g/mol. The van der Waals surface area contributed by atoms with E-state index in [2.05, 4.69) is 17.1 Å². The molecule has 1 N–H and O–H groups in total. The Morgan fingerprint density at radius 2 is 1.94 bits per heavy atom. The topological polar surface area (TPSA) is 24.5 Å². The van der Waals surface area contributed by atoms with E-state index in [0.717, 1.165) is 12.6 Å². The van der Waals surface area contributed by atoms with Crippen molar-refractivity contribution in [2.45, 2.75) is 57.6 Å². The van der Waals surface area contributed by atoms with E-state index in [9.17, 15) is 0 Å². The molecule has 2 fully saturated rings. The molecule has 0 bridgehead atoms. The Labute approximate surface area is 106 Å². The summed E-state index contributed by atoms with van der Waals surface area (Å²) in [7, 11) is 0.